The van der Waals surface area contributed by atoms with Crippen LogP contribution >= 0.6 is 0 Å². The summed E-state index contributed by atoms with van der Waals surface area (Å²) in [7, 11) is 0. The highest BCUT2D eigenvalue weighted by Gasteiger charge is 2.45. The fraction of sp³-hybridized carbons (Fsp3) is 0.500. The normalized spacial score (nSPS) is 35.3. The standard InChI is InChI=1S/C12H15N/c1-12-8-4-7-11(12)13-10-6-3-2-5-9(10)12/h2-3,5-6,11,13H,4,7-8H2,1H3. The van der Waals surface area contributed by atoms with Crippen LogP contribution in [0.15, 0.2) is 24.3 Å². The first-order valence-electron chi connectivity index (χ1n) is 5.17. The molecule has 2 aliphatic rings. The molecular formula is C12H15N. The van der Waals surface area contributed by atoms with Crippen molar-refractivity contribution in [3.05, 3.63) is 29.8 Å². The maximum Gasteiger partial charge on any atom is 0.0381 e. The van der Waals surface area contributed by atoms with E-state index in [1.807, 2.05) is 0 Å². The van der Waals surface area contributed by atoms with Crippen LogP contribution in [0.3, 0.4) is 0 Å². The lowest BCUT2D eigenvalue weighted by Crippen LogP contribution is -2.29. The van der Waals surface area contributed by atoms with Gasteiger partial charge in [0, 0.05) is 17.1 Å². The first-order chi connectivity index (χ1) is 6.31. The average Bonchev–Trinajstić information content (AvgIpc) is 2.60. The Kier molecular flexibility index (Phi) is 1.30. The third-order valence-electron chi connectivity index (χ3n) is 3.83. The van der Waals surface area contributed by atoms with Gasteiger partial charge in [-0.25, -0.2) is 0 Å². The Labute approximate surface area is 79.2 Å². The van der Waals surface area contributed by atoms with Crippen molar-refractivity contribution >= 4 is 5.69 Å². The topological polar surface area (TPSA) is 12.0 Å². The van der Waals surface area contributed by atoms with Crippen molar-refractivity contribution in [1.29, 1.82) is 0 Å². The Morgan fingerprint density at radius 2 is 2.23 bits per heavy atom. The van der Waals surface area contributed by atoms with Gasteiger partial charge in [-0.05, 0) is 24.5 Å². The first kappa shape index (κ1) is 7.43. The fourth-order valence-corrected chi connectivity index (χ4v) is 3.01. The van der Waals surface area contributed by atoms with Gasteiger partial charge in [0.1, 0.15) is 0 Å². The summed E-state index contributed by atoms with van der Waals surface area (Å²) in [6.07, 6.45) is 4.06. The van der Waals surface area contributed by atoms with Crippen LogP contribution in [0.2, 0.25) is 0 Å². The van der Waals surface area contributed by atoms with E-state index >= 15 is 0 Å². The molecule has 0 bridgehead atoms. The number of nitrogens with one attached hydrogen (secondary N) is 1. The molecule has 1 heteroatoms. The van der Waals surface area contributed by atoms with Gasteiger partial charge >= 0.3 is 0 Å². The second kappa shape index (κ2) is 2.28. The zero-order valence-corrected chi connectivity index (χ0v) is 8.01. The van der Waals surface area contributed by atoms with Crippen LogP contribution in [0.4, 0.5) is 5.69 Å². The van der Waals surface area contributed by atoms with Gasteiger partial charge in [0.05, 0.1) is 0 Å². The maximum absolute atomic E-state index is 3.64. The van der Waals surface area contributed by atoms with Crippen molar-refractivity contribution in [2.75, 3.05) is 5.32 Å². The molecule has 0 saturated heterocycles. The molecule has 1 fully saturated rings. The quantitative estimate of drug-likeness (QED) is 0.636. The number of benzene rings is 1. The van der Waals surface area contributed by atoms with Crippen molar-refractivity contribution in [1.82, 2.24) is 0 Å². The predicted molar refractivity (Wildman–Crippen MR) is 55.1 cm³/mol. The molecule has 1 nitrogen and oxygen atoms in total. The summed E-state index contributed by atoms with van der Waals surface area (Å²) in [6.45, 7) is 2.41. The van der Waals surface area contributed by atoms with Crippen LogP contribution in [0.25, 0.3) is 0 Å². The van der Waals surface area contributed by atoms with Crippen LogP contribution in [0, 0.1) is 0 Å². The Morgan fingerprint density at radius 1 is 1.38 bits per heavy atom. The van der Waals surface area contributed by atoms with E-state index < -0.39 is 0 Å². The molecule has 1 aromatic carbocycles. The third-order valence-corrected chi connectivity index (χ3v) is 3.83. The Morgan fingerprint density at radius 3 is 3.15 bits per heavy atom. The molecule has 0 amide bonds. The highest BCUT2D eigenvalue weighted by molar-refractivity contribution is 5.62. The van der Waals surface area contributed by atoms with Gasteiger partial charge < -0.3 is 5.32 Å². The number of fused-ring (bicyclic) bond motifs is 3. The molecule has 2 unspecified atom stereocenters. The molecule has 1 aliphatic heterocycles. The SMILES string of the molecule is CC12CCCC1Nc1ccccc12. The lowest BCUT2D eigenvalue weighted by molar-refractivity contribution is 0.477. The highest BCUT2D eigenvalue weighted by atomic mass is 15.0. The smallest absolute Gasteiger partial charge is 0.0381 e. The molecule has 1 saturated carbocycles. The van der Waals surface area contributed by atoms with Gasteiger partial charge in [-0.2, -0.15) is 0 Å². The molecule has 13 heavy (non-hydrogen) atoms. The second-order valence-corrected chi connectivity index (χ2v) is 4.55. The minimum absolute atomic E-state index is 0.427. The van der Waals surface area contributed by atoms with Crippen LogP contribution in [0.5, 0.6) is 0 Å². The molecule has 3 rings (SSSR count). The van der Waals surface area contributed by atoms with Gasteiger partial charge in [-0.15, -0.1) is 0 Å². The zero-order valence-electron chi connectivity index (χ0n) is 8.01. The van der Waals surface area contributed by atoms with E-state index in [-0.39, 0.29) is 0 Å². The number of hydrogen-bond donors (Lipinski definition) is 1. The average molecular weight is 173 g/mol. The largest absolute Gasteiger partial charge is 0.381 e. The zero-order chi connectivity index (χ0) is 8.89. The predicted octanol–water partition coefficient (Wildman–Crippen LogP) is 2.92. The van der Waals surface area contributed by atoms with Crippen molar-refractivity contribution in [2.24, 2.45) is 0 Å². The number of para-hydroxylation sites is 1. The van der Waals surface area contributed by atoms with E-state index in [0.717, 1.165) is 0 Å². The summed E-state index contributed by atoms with van der Waals surface area (Å²) in [4.78, 5) is 0. The molecule has 1 aromatic rings. The van der Waals surface area contributed by atoms with Crippen LogP contribution in [0.1, 0.15) is 31.7 Å². The van der Waals surface area contributed by atoms with Gasteiger partial charge in [0.25, 0.3) is 0 Å². The summed E-state index contributed by atoms with van der Waals surface area (Å²) in [5.41, 5.74) is 3.34. The Hall–Kier alpha value is -0.980. The molecule has 2 atom stereocenters. The number of hydrogen-bond acceptors (Lipinski definition) is 1. The second-order valence-electron chi connectivity index (χ2n) is 4.55. The summed E-state index contributed by atoms with van der Waals surface area (Å²) in [5, 5.41) is 3.64. The van der Waals surface area contributed by atoms with E-state index in [2.05, 4.69) is 36.5 Å². The summed E-state index contributed by atoms with van der Waals surface area (Å²) in [5.74, 6) is 0. The Bertz CT molecular complexity index is 345. The van der Waals surface area contributed by atoms with Crippen LogP contribution in [-0.4, -0.2) is 6.04 Å². The maximum atomic E-state index is 3.64. The van der Waals surface area contributed by atoms with Crippen LogP contribution < -0.4 is 5.32 Å². The molecule has 0 radical (unpaired) electrons. The van der Waals surface area contributed by atoms with Crippen LogP contribution in [-0.2, 0) is 5.41 Å². The Balaban J connectivity index is 2.17. The number of rotatable bonds is 0. The van der Waals surface area contributed by atoms with Gasteiger partial charge in [0.15, 0.2) is 0 Å². The lowest BCUT2D eigenvalue weighted by atomic mass is 9.80. The van der Waals surface area contributed by atoms with Crippen molar-refractivity contribution in [3.8, 4) is 0 Å². The molecule has 1 aliphatic carbocycles. The minimum Gasteiger partial charge on any atom is -0.381 e. The summed E-state index contributed by atoms with van der Waals surface area (Å²) >= 11 is 0. The van der Waals surface area contributed by atoms with Gasteiger partial charge in [-0.3, -0.25) is 0 Å². The van der Waals surface area contributed by atoms with E-state index in [1.54, 1.807) is 0 Å². The van der Waals surface area contributed by atoms with E-state index in [0.29, 0.717) is 11.5 Å². The summed E-state index contributed by atoms with van der Waals surface area (Å²) < 4.78 is 0. The van der Waals surface area contributed by atoms with Crippen molar-refractivity contribution < 1.29 is 0 Å². The molecule has 0 spiro atoms. The highest BCUT2D eigenvalue weighted by Crippen LogP contribution is 2.49. The molecule has 1 heterocycles. The third kappa shape index (κ3) is 0.822. The van der Waals surface area contributed by atoms with Crippen molar-refractivity contribution in [3.63, 3.8) is 0 Å². The molecule has 68 valence electrons. The van der Waals surface area contributed by atoms with E-state index in [9.17, 15) is 0 Å². The van der Waals surface area contributed by atoms with Gasteiger partial charge in [-0.1, -0.05) is 31.5 Å². The van der Waals surface area contributed by atoms with E-state index in [1.165, 1.54) is 30.5 Å². The first-order valence-corrected chi connectivity index (χ1v) is 5.17. The minimum atomic E-state index is 0.427. The molecule has 0 aromatic heterocycles. The molecule has 1 N–H and O–H groups in total. The summed E-state index contributed by atoms with van der Waals surface area (Å²) in [6, 6.07) is 9.47. The molecular weight excluding hydrogens is 158 g/mol. The lowest BCUT2D eigenvalue weighted by Gasteiger charge is -2.23. The van der Waals surface area contributed by atoms with Gasteiger partial charge in [0.2, 0.25) is 0 Å². The fourth-order valence-electron chi connectivity index (χ4n) is 3.01. The monoisotopic (exact) mass is 173 g/mol. The number of anilines is 1. The van der Waals surface area contributed by atoms with E-state index in [4.69, 9.17) is 0 Å². The van der Waals surface area contributed by atoms with Crippen molar-refractivity contribution in [2.45, 2.75) is 37.6 Å².